The fraction of sp³-hybridized carbons (Fsp3) is 0.308. The average Bonchev–Trinajstić information content (AvgIpc) is 3.08. The number of benzene rings is 2. The van der Waals surface area contributed by atoms with Gasteiger partial charge in [0.15, 0.2) is 0 Å². The highest BCUT2D eigenvalue weighted by Gasteiger charge is 2.51. The van der Waals surface area contributed by atoms with E-state index in [4.69, 9.17) is 30.6 Å². The number of aryl methyl sites for hydroxylation is 2. The lowest BCUT2D eigenvalue weighted by atomic mass is 9.70. The summed E-state index contributed by atoms with van der Waals surface area (Å²) in [6, 6.07) is 13.0. The first kappa shape index (κ1) is 20.4. The van der Waals surface area contributed by atoms with E-state index in [1.54, 1.807) is 0 Å². The molecule has 0 unspecified atom stereocenters. The zero-order chi connectivity index (χ0) is 23.1. The lowest BCUT2D eigenvalue weighted by Gasteiger charge is -2.46. The molecule has 0 amide bonds. The molecular formula is C26H23ClN2O4. The first-order chi connectivity index (χ1) is 15.7. The Morgan fingerprint density at radius 2 is 1.94 bits per heavy atom. The molecule has 2 atom stereocenters. The van der Waals surface area contributed by atoms with Crippen LogP contribution in [-0.2, 0) is 0 Å². The molecule has 0 saturated carbocycles. The van der Waals surface area contributed by atoms with Gasteiger partial charge in [0.2, 0.25) is 5.88 Å². The minimum Gasteiger partial charge on any atom is -0.493 e. The molecule has 6 rings (SSSR count). The second-order valence-corrected chi connectivity index (χ2v) is 9.84. The van der Waals surface area contributed by atoms with Crippen molar-refractivity contribution in [2.24, 2.45) is 5.92 Å². The van der Waals surface area contributed by atoms with Gasteiger partial charge in [0, 0.05) is 39.4 Å². The van der Waals surface area contributed by atoms with E-state index in [0.717, 1.165) is 39.2 Å². The zero-order valence-electron chi connectivity index (χ0n) is 18.8. The molecule has 2 aromatic carbocycles. The quantitative estimate of drug-likeness (QED) is 0.346. The van der Waals surface area contributed by atoms with Gasteiger partial charge >= 0.3 is 5.63 Å². The molecule has 0 saturated heterocycles. The molecular weight excluding hydrogens is 440 g/mol. The largest absolute Gasteiger partial charge is 0.493 e. The van der Waals surface area contributed by atoms with Crippen LogP contribution in [0.5, 0.6) is 11.6 Å². The van der Waals surface area contributed by atoms with Crippen LogP contribution >= 0.6 is 11.6 Å². The maximum Gasteiger partial charge on any atom is 0.336 e. The van der Waals surface area contributed by atoms with E-state index in [1.807, 2.05) is 54.9 Å². The first-order valence-electron chi connectivity index (χ1n) is 11.0. The minimum atomic E-state index is -0.551. The third-order valence-corrected chi connectivity index (χ3v) is 7.16. The van der Waals surface area contributed by atoms with E-state index in [2.05, 4.69) is 13.8 Å². The maximum absolute atomic E-state index is 12.3. The van der Waals surface area contributed by atoms with E-state index in [9.17, 15) is 4.79 Å². The summed E-state index contributed by atoms with van der Waals surface area (Å²) in [7, 11) is 0. The second-order valence-electron chi connectivity index (χ2n) is 9.40. The highest BCUT2D eigenvalue weighted by atomic mass is 35.5. The number of hydrogen-bond acceptors (Lipinski definition) is 5. The summed E-state index contributed by atoms with van der Waals surface area (Å²) in [6.07, 6.45) is 0. The highest BCUT2D eigenvalue weighted by molar-refractivity contribution is 6.30. The molecule has 168 valence electrons. The Morgan fingerprint density at radius 3 is 2.73 bits per heavy atom. The van der Waals surface area contributed by atoms with E-state index in [1.165, 1.54) is 6.07 Å². The molecule has 4 heterocycles. The summed E-state index contributed by atoms with van der Waals surface area (Å²) >= 11 is 6.27. The van der Waals surface area contributed by atoms with Crippen LogP contribution in [0.4, 0.5) is 0 Å². The summed E-state index contributed by atoms with van der Waals surface area (Å²) in [5.74, 6) is 1.32. The Morgan fingerprint density at radius 1 is 1.12 bits per heavy atom. The summed E-state index contributed by atoms with van der Waals surface area (Å²) in [6.45, 7) is 8.54. The number of hydrogen-bond donors (Lipinski definition) is 0. The van der Waals surface area contributed by atoms with Gasteiger partial charge in [-0.3, -0.25) is 0 Å². The van der Waals surface area contributed by atoms with Gasteiger partial charge in [0.05, 0.1) is 18.0 Å². The molecule has 0 spiro atoms. The van der Waals surface area contributed by atoms with Gasteiger partial charge in [0.25, 0.3) is 0 Å². The normalized spacial score (nSPS) is 20.4. The number of ether oxygens (including phenoxy) is 2. The van der Waals surface area contributed by atoms with Crippen molar-refractivity contribution in [2.75, 3.05) is 6.61 Å². The van der Waals surface area contributed by atoms with Crippen molar-refractivity contribution >= 4 is 22.6 Å². The lowest BCUT2D eigenvalue weighted by molar-refractivity contribution is -0.0184. The Bertz CT molecular complexity index is 1500. The van der Waals surface area contributed by atoms with Crippen LogP contribution in [0.15, 0.2) is 51.7 Å². The summed E-state index contributed by atoms with van der Waals surface area (Å²) < 4.78 is 20.4. The molecule has 0 radical (unpaired) electrons. The molecule has 0 aliphatic carbocycles. The third kappa shape index (κ3) is 2.93. The molecule has 33 heavy (non-hydrogen) atoms. The molecule has 2 aliphatic rings. The van der Waals surface area contributed by atoms with Gasteiger partial charge < -0.3 is 13.9 Å². The van der Waals surface area contributed by atoms with Gasteiger partial charge in [-0.05, 0) is 63.6 Å². The molecule has 0 fully saturated rings. The van der Waals surface area contributed by atoms with Crippen molar-refractivity contribution in [3.05, 3.63) is 80.3 Å². The summed E-state index contributed by atoms with van der Waals surface area (Å²) in [5, 5.41) is 6.38. The van der Waals surface area contributed by atoms with Crippen LogP contribution in [-0.4, -0.2) is 22.0 Å². The highest BCUT2D eigenvalue weighted by Crippen LogP contribution is 2.55. The molecule has 2 aliphatic heterocycles. The van der Waals surface area contributed by atoms with Crippen LogP contribution < -0.4 is 15.1 Å². The lowest BCUT2D eigenvalue weighted by Crippen LogP contribution is -2.49. The van der Waals surface area contributed by atoms with Crippen molar-refractivity contribution in [3.63, 3.8) is 0 Å². The molecule has 6 nitrogen and oxygen atoms in total. The zero-order valence-corrected chi connectivity index (χ0v) is 19.6. The average molecular weight is 463 g/mol. The SMILES string of the molecule is Cc1nn(-c2cccc(Cl)c2)c2c1[C@@H]1c3c(ccc4c(C)cc(=O)oc34)OC[C@@H]1C(C)(C)O2. The Labute approximate surface area is 195 Å². The van der Waals surface area contributed by atoms with E-state index >= 15 is 0 Å². The van der Waals surface area contributed by atoms with Crippen molar-refractivity contribution in [2.45, 2.75) is 39.2 Å². The maximum atomic E-state index is 12.3. The van der Waals surface area contributed by atoms with Gasteiger partial charge in [-0.2, -0.15) is 5.10 Å². The van der Waals surface area contributed by atoms with E-state index in [0.29, 0.717) is 23.1 Å². The number of aromatic nitrogens is 2. The predicted molar refractivity (Wildman–Crippen MR) is 126 cm³/mol. The molecule has 0 N–H and O–H groups in total. The summed E-state index contributed by atoms with van der Waals surface area (Å²) in [4.78, 5) is 12.3. The van der Waals surface area contributed by atoms with Crippen molar-refractivity contribution in [1.29, 1.82) is 0 Å². The molecule has 4 aromatic rings. The van der Waals surface area contributed by atoms with Gasteiger partial charge in [-0.15, -0.1) is 0 Å². The van der Waals surface area contributed by atoms with Crippen molar-refractivity contribution in [3.8, 4) is 17.3 Å². The van der Waals surface area contributed by atoms with Crippen LogP contribution in [0.25, 0.3) is 16.7 Å². The van der Waals surface area contributed by atoms with Gasteiger partial charge in [-0.1, -0.05) is 17.7 Å². The van der Waals surface area contributed by atoms with E-state index < -0.39 is 5.60 Å². The van der Waals surface area contributed by atoms with Gasteiger partial charge in [-0.25, -0.2) is 9.48 Å². The van der Waals surface area contributed by atoms with Crippen LogP contribution in [0.2, 0.25) is 5.02 Å². The van der Waals surface area contributed by atoms with E-state index in [-0.39, 0.29) is 17.5 Å². The number of fused-ring (bicyclic) bond motifs is 7. The first-order valence-corrected chi connectivity index (χ1v) is 11.4. The topological polar surface area (TPSA) is 66.5 Å². The Balaban J connectivity index is 1.68. The summed E-state index contributed by atoms with van der Waals surface area (Å²) in [5.41, 5.74) is 4.09. The molecule has 2 aromatic heterocycles. The Hall–Kier alpha value is -3.25. The predicted octanol–water partition coefficient (Wildman–Crippen LogP) is 5.56. The fourth-order valence-corrected chi connectivity index (χ4v) is 5.50. The Kier molecular flexibility index (Phi) is 4.24. The van der Waals surface area contributed by atoms with Crippen LogP contribution in [0.1, 0.15) is 42.1 Å². The molecule has 0 bridgehead atoms. The van der Waals surface area contributed by atoms with Gasteiger partial charge in [0.1, 0.15) is 16.9 Å². The smallest absolute Gasteiger partial charge is 0.336 e. The van der Waals surface area contributed by atoms with Crippen molar-refractivity contribution < 1.29 is 13.9 Å². The third-order valence-electron chi connectivity index (χ3n) is 6.93. The van der Waals surface area contributed by atoms with Crippen molar-refractivity contribution in [1.82, 2.24) is 9.78 Å². The molecule has 7 heteroatoms. The van der Waals surface area contributed by atoms with Crippen LogP contribution in [0, 0.1) is 19.8 Å². The number of rotatable bonds is 1. The number of nitrogens with zero attached hydrogens (tertiary/aromatic N) is 2. The standard InChI is InChI=1S/C26H23ClN2O4/c1-13-10-20(30)32-24-17(13)8-9-19-23(24)22-18(12-31-19)26(3,4)33-25-21(22)14(2)28-29(25)16-7-5-6-15(27)11-16/h5-11,18,22H,12H2,1-4H3/t18-,22+/m0/s1. The second kappa shape index (κ2) is 6.87. The fourth-order valence-electron chi connectivity index (χ4n) is 5.31. The monoisotopic (exact) mass is 462 g/mol. The minimum absolute atomic E-state index is 0.00428. The number of halogens is 1. The van der Waals surface area contributed by atoms with Crippen LogP contribution in [0.3, 0.4) is 0 Å².